The van der Waals surface area contributed by atoms with E-state index in [1.165, 1.54) is 36.5 Å². The zero-order chi connectivity index (χ0) is 24.0. The summed E-state index contributed by atoms with van der Waals surface area (Å²) < 4.78 is 5.57. The average molecular weight is 461 g/mol. The second-order valence-electron chi connectivity index (χ2n) is 8.51. The predicted octanol–water partition coefficient (Wildman–Crippen LogP) is 3.01. The van der Waals surface area contributed by atoms with Crippen LogP contribution in [0.25, 0.3) is 0 Å². The molecule has 1 saturated heterocycles. The molecule has 2 aromatic rings. The number of nitrogens with zero attached hydrogens (tertiary/aromatic N) is 3. The molecule has 5 rings (SSSR count). The Morgan fingerprint density at radius 1 is 1.12 bits per heavy atom. The number of nitro groups is 1. The lowest BCUT2D eigenvalue weighted by atomic mass is 9.85. The van der Waals surface area contributed by atoms with Crippen LogP contribution in [0.3, 0.4) is 0 Å². The molecule has 0 spiro atoms. The second kappa shape index (κ2) is 8.22. The maximum absolute atomic E-state index is 12.7. The van der Waals surface area contributed by atoms with Gasteiger partial charge in [0.05, 0.1) is 28.5 Å². The van der Waals surface area contributed by atoms with E-state index in [9.17, 15) is 24.5 Å². The van der Waals surface area contributed by atoms with E-state index >= 15 is 0 Å². The molecule has 1 heterocycles. The van der Waals surface area contributed by atoms with E-state index in [-0.39, 0.29) is 59.1 Å². The number of nitro benzene ring substituents is 1. The highest BCUT2D eigenvalue weighted by Gasteiger charge is 2.59. The fraction of sp³-hybridized carbons (Fsp3) is 0.250. The summed E-state index contributed by atoms with van der Waals surface area (Å²) in [7, 11) is 0. The van der Waals surface area contributed by atoms with Crippen LogP contribution in [-0.2, 0) is 16.2 Å². The van der Waals surface area contributed by atoms with E-state index in [4.69, 9.17) is 9.84 Å². The number of hydrogen-bond donors (Lipinski definition) is 1. The molecule has 2 aliphatic carbocycles. The fourth-order valence-electron chi connectivity index (χ4n) is 4.91. The van der Waals surface area contributed by atoms with Crippen molar-refractivity contribution >= 4 is 29.7 Å². The Balaban J connectivity index is 1.30. The minimum Gasteiger partial charge on any atom is -0.482 e. The lowest BCUT2D eigenvalue weighted by Crippen LogP contribution is -2.28. The molecule has 1 aliphatic heterocycles. The van der Waals surface area contributed by atoms with Gasteiger partial charge in [0.1, 0.15) is 6.61 Å². The Labute approximate surface area is 193 Å². The van der Waals surface area contributed by atoms with Gasteiger partial charge in [0.15, 0.2) is 5.75 Å². The molecule has 172 valence electrons. The van der Waals surface area contributed by atoms with Crippen molar-refractivity contribution in [3.8, 4) is 5.75 Å². The van der Waals surface area contributed by atoms with Crippen molar-refractivity contribution in [1.82, 2.24) is 5.01 Å². The third-order valence-corrected chi connectivity index (χ3v) is 6.54. The van der Waals surface area contributed by atoms with E-state index in [1.807, 2.05) is 12.2 Å². The predicted molar refractivity (Wildman–Crippen MR) is 118 cm³/mol. The lowest BCUT2D eigenvalue weighted by Gasteiger charge is -2.13. The highest BCUT2D eigenvalue weighted by molar-refractivity contribution is 6.06. The number of carboxylic acid groups (broad SMARTS) is 1. The van der Waals surface area contributed by atoms with Crippen LogP contribution >= 0.6 is 0 Å². The standard InChI is InChI=1S/C24H19N3O7/c28-22-20-16-6-7-17(10-16)21(20)23(29)26(22)25-11-14-3-8-19(18(9-14)27(32)33)34-12-13-1-4-15(5-2-13)24(30)31/h1-9,11,16-17,20-21H,10,12H2,(H,30,31)/t16-,17-,20-,21+/m0/s1. The monoisotopic (exact) mass is 461 g/mol. The van der Waals surface area contributed by atoms with E-state index in [2.05, 4.69) is 5.10 Å². The van der Waals surface area contributed by atoms with E-state index in [0.717, 1.165) is 11.4 Å². The molecular formula is C24H19N3O7. The number of imide groups is 1. The third-order valence-electron chi connectivity index (χ3n) is 6.54. The van der Waals surface area contributed by atoms with Crippen LogP contribution in [0.4, 0.5) is 5.69 Å². The minimum atomic E-state index is -1.05. The van der Waals surface area contributed by atoms with Gasteiger partial charge in [0.25, 0.3) is 11.8 Å². The fourth-order valence-corrected chi connectivity index (χ4v) is 4.91. The van der Waals surface area contributed by atoms with Gasteiger partial charge in [-0.05, 0) is 48.1 Å². The number of carboxylic acids is 1. The summed E-state index contributed by atoms with van der Waals surface area (Å²) in [6.45, 7) is 0.00407. The molecule has 10 nitrogen and oxygen atoms in total. The van der Waals surface area contributed by atoms with E-state index < -0.39 is 10.9 Å². The molecule has 34 heavy (non-hydrogen) atoms. The van der Waals surface area contributed by atoms with Gasteiger partial charge in [-0.25, -0.2) is 4.79 Å². The van der Waals surface area contributed by atoms with Crippen molar-refractivity contribution in [2.24, 2.45) is 28.8 Å². The van der Waals surface area contributed by atoms with Crippen molar-refractivity contribution in [2.45, 2.75) is 13.0 Å². The van der Waals surface area contributed by atoms with Crippen molar-refractivity contribution in [2.75, 3.05) is 0 Å². The van der Waals surface area contributed by atoms with Gasteiger partial charge in [-0.3, -0.25) is 19.7 Å². The van der Waals surface area contributed by atoms with Crippen molar-refractivity contribution < 1.29 is 29.2 Å². The van der Waals surface area contributed by atoms with Crippen molar-refractivity contribution in [3.05, 3.63) is 81.4 Å². The SMILES string of the molecule is O=C(O)c1ccc(COc2ccc(C=NN3C(=O)[C@@H]4[C@H](C3=O)[C@H]3C=C[C@H]4C3)cc2[N+](=O)[O-])cc1. The topological polar surface area (TPSA) is 139 Å². The number of rotatable bonds is 7. The van der Waals surface area contributed by atoms with Crippen LogP contribution in [0, 0.1) is 33.8 Å². The number of fused-ring (bicyclic) bond motifs is 5. The molecule has 2 bridgehead atoms. The number of amides is 2. The summed E-state index contributed by atoms with van der Waals surface area (Å²) in [6.07, 6.45) is 6.06. The van der Waals surface area contributed by atoms with Gasteiger partial charge >= 0.3 is 11.7 Å². The Kier molecular flexibility index (Phi) is 5.20. The maximum atomic E-state index is 12.7. The molecular weight excluding hydrogens is 442 g/mol. The molecule has 1 saturated carbocycles. The summed E-state index contributed by atoms with van der Waals surface area (Å²) in [6, 6.07) is 10.2. The van der Waals surface area contributed by atoms with Crippen molar-refractivity contribution in [1.29, 1.82) is 0 Å². The molecule has 0 aromatic heterocycles. The zero-order valence-corrected chi connectivity index (χ0v) is 17.7. The van der Waals surface area contributed by atoms with Gasteiger partial charge < -0.3 is 9.84 Å². The van der Waals surface area contributed by atoms with Crippen LogP contribution in [-0.4, -0.2) is 39.0 Å². The quantitative estimate of drug-likeness (QED) is 0.220. The number of allylic oxidation sites excluding steroid dienone is 2. The normalized spacial score (nSPS) is 24.8. The van der Waals surface area contributed by atoms with Crippen molar-refractivity contribution in [3.63, 3.8) is 0 Å². The first kappa shape index (κ1) is 21.5. The molecule has 10 heteroatoms. The maximum Gasteiger partial charge on any atom is 0.335 e. The molecule has 4 atom stereocenters. The number of aromatic carboxylic acids is 1. The molecule has 0 radical (unpaired) electrons. The first-order valence-corrected chi connectivity index (χ1v) is 10.7. The second-order valence-corrected chi connectivity index (χ2v) is 8.51. The highest BCUT2D eigenvalue weighted by Crippen LogP contribution is 2.52. The molecule has 2 amide bonds. The number of carbonyl (C=O) groups excluding carboxylic acids is 2. The number of benzene rings is 2. The lowest BCUT2D eigenvalue weighted by molar-refractivity contribution is -0.385. The first-order valence-electron chi connectivity index (χ1n) is 10.7. The molecule has 2 aromatic carbocycles. The third kappa shape index (κ3) is 3.62. The molecule has 2 fully saturated rings. The number of hydrazone groups is 1. The van der Waals surface area contributed by atoms with E-state index in [0.29, 0.717) is 11.1 Å². The van der Waals surface area contributed by atoms with Crippen LogP contribution in [0.15, 0.2) is 59.7 Å². The first-order chi connectivity index (χ1) is 16.3. The summed E-state index contributed by atoms with van der Waals surface area (Å²) in [5, 5.41) is 25.5. The van der Waals surface area contributed by atoms with Gasteiger partial charge in [-0.1, -0.05) is 24.3 Å². The van der Waals surface area contributed by atoms with Gasteiger partial charge in [0, 0.05) is 11.6 Å². The minimum absolute atomic E-state index is 0.00407. The van der Waals surface area contributed by atoms with Crippen LogP contribution in [0.2, 0.25) is 0 Å². The van der Waals surface area contributed by atoms with E-state index in [1.54, 1.807) is 12.1 Å². The van der Waals surface area contributed by atoms with Gasteiger partial charge in [0.2, 0.25) is 0 Å². The Hall–Kier alpha value is -4.34. The zero-order valence-electron chi connectivity index (χ0n) is 17.7. The van der Waals surface area contributed by atoms with Crippen LogP contribution in [0.5, 0.6) is 5.75 Å². The number of ether oxygens (including phenoxy) is 1. The highest BCUT2D eigenvalue weighted by atomic mass is 16.6. The Morgan fingerprint density at radius 2 is 1.76 bits per heavy atom. The molecule has 1 N–H and O–H groups in total. The van der Waals surface area contributed by atoms with Gasteiger partial charge in [-0.15, -0.1) is 0 Å². The molecule has 3 aliphatic rings. The Morgan fingerprint density at radius 3 is 2.35 bits per heavy atom. The number of hydrogen-bond acceptors (Lipinski definition) is 7. The summed E-state index contributed by atoms with van der Waals surface area (Å²) >= 11 is 0. The molecule has 0 unspecified atom stereocenters. The average Bonchev–Trinajstić information content (AvgIpc) is 3.51. The largest absolute Gasteiger partial charge is 0.482 e. The summed E-state index contributed by atoms with van der Waals surface area (Å²) in [5.74, 6) is -2.27. The summed E-state index contributed by atoms with van der Waals surface area (Å²) in [5.41, 5.74) is 0.804. The van der Waals surface area contributed by atoms with Crippen LogP contribution in [0.1, 0.15) is 27.9 Å². The van der Waals surface area contributed by atoms with Gasteiger partial charge in [-0.2, -0.15) is 10.1 Å². The number of carbonyl (C=O) groups is 3. The van der Waals surface area contributed by atoms with Crippen LogP contribution < -0.4 is 4.74 Å². The smallest absolute Gasteiger partial charge is 0.335 e. The summed E-state index contributed by atoms with van der Waals surface area (Å²) in [4.78, 5) is 47.3. The Bertz CT molecular complexity index is 1240.